The van der Waals surface area contributed by atoms with Gasteiger partial charge in [-0.15, -0.1) is 11.3 Å². The fraction of sp³-hybridized carbons (Fsp3) is 0.200. The molecule has 1 heterocycles. The van der Waals surface area contributed by atoms with Crippen molar-refractivity contribution in [1.82, 2.24) is 0 Å². The van der Waals surface area contributed by atoms with Gasteiger partial charge in [0, 0.05) is 0 Å². The average molecular weight is 195 g/mol. The molecular formula is C5H6FNO2S2. The van der Waals surface area contributed by atoms with E-state index in [1.54, 1.807) is 0 Å². The summed E-state index contributed by atoms with van der Waals surface area (Å²) in [4.78, 5) is 0.160. The fourth-order valence-corrected chi connectivity index (χ4v) is 2.41. The molecule has 0 spiro atoms. The van der Waals surface area contributed by atoms with E-state index in [-0.39, 0.29) is 4.88 Å². The Morgan fingerprint density at radius 1 is 1.64 bits per heavy atom. The van der Waals surface area contributed by atoms with Crippen LogP contribution >= 0.6 is 11.3 Å². The Kier molecular flexibility index (Phi) is 2.26. The number of nitrogens with two attached hydrogens (primary N) is 1. The first-order valence-electron chi connectivity index (χ1n) is 2.71. The molecule has 0 aliphatic carbocycles. The van der Waals surface area contributed by atoms with Crippen LogP contribution in [0.3, 0.4) is 0 Å². The highest BCUT2D eigenvalue weighted by Gasteiger charge is 2.10. The van der Waals surface area contributed by atoms with Crippen LogP contribution in [0, 0.1) is 5.82 Å². The highest BCUT2D eigenvalue weighted by molar-refractivity contribution is 7.88. The maximum absolute atomic E-state index is 12.6. The Bertz CT molecular complexity index is 343. The summed E-state index contributed by atoms with van der Waals surface area (Å²) in [5, 5.41) is 6.19. The molecule has 2 N–H and O–H groups in total. The number of halogens is 1. The van der Waals surface area contributed by atoms with E-state index < -0.39 is 21.6 Å². The second kappa shape index (κ2) is 2.88. The van der Waals surface area contributed by atoms with Crippen molar-refractivity contribution in [2.75, 3.05) is 0 Å². The van der Waals surface area contributed by atoms with Crippen LogP contribution in [0.15, 0.2) is 11.4 Å². The van der Waals surface area contributed by atoms with Crippen LogP contribution in [0.5, 0.6) is 0 Å². The fourth-order valence-electron chi connectivity index (χ4n) is 0.611. The summed E-state index contributed by atoms with van der Waals surface area (Å²) < 4.78 is 33.5. The lowest BCUT2D eigenvalue weighted by Crippen LogP contribution is -2.14. The first-order valence-corrected chi connectivity index (χ1v) is 5.31. The van der Waals surface area contributed by atoms with E-state index in [1.807, 2.05) is 0 Å². The summed E-state index contributed by atoms with van der Waals surface area (Å²) in [6.45, 7) is 0. The van der Waals surface area contributed by atoms with Gasteiger partial charge in [-0.2, -0.15) is 0 Å². The lowest BCUT2D eigenvalue weighted by atomic mass is 10.5. The summed E-state index contributed by atoms with van der Waals surface area (Å²) in [6.07, 6.45) is 0. The van der Waals surface area contributed by atoms with E-state index in [2.05, 4.69) is 0 Å². The van der Waals surface area contributed by atoms with E-state index in [0.717, 1.165) is 11.3 Å². The third-order valence-electron chi connectivity index (χ3n) is 1.02. The molecule has 11 heavy (non-hydrogen) atoms. The molecule has 0 saturated heterocycles. The van der Waals surface area contributed by atoms with Gasteiger partial charge in [-0.3, -0.25) is 0 Å². The summed E-state index contributed by atoms with van der Waals surface area (Å²) in [7, 11) is -3.60. The molecule has 0 aliphatic rings. The van der Waals surface area contributed by atoms with Crippen LogP contribution in [0.2, 0.25) is 0 Å². The van der Waals surface area contributed by atoms with Crippen molar-refractivity contribution < 1.29 is 12.8 Å². The lowest BCUT2D eigenvalue weighted by molar-refractivity contribution is 0.591. The standard InChI is InChI=1S/C5H6FNO2S2/c6-4-1-2-10-5(4)3-11(7,8)9/h1-2H,3H2,(H2,7,8,9). The zero-order chi connectivity index (χ0) is 8.48. The monoisotopic (exact) mass is 195 g/mol. The Morgan fingerprint density at radius 2 is 2.27 bits per heavy atom. The predicted molar refractivity (Wildman–Crippen MR) is 41.1 cm³/mol. The normalized spacial score (nSPS) is 11.8. The second-order valence-electron chi connectivity index (χ2n) is 2.00. The number of rotatable bonds is 2. The van der Waals surface area contributed by atoms with Gasteiger partial charge in [0.15, 0.2) is 0 Å². The van der Waals surface area contributed by atoms with E-state index in [9.17, 15) is 12.8 Å². The highest BCUT2D eigenvalue weighted by Crippen LogP contribution is 2.16. The third kappa shape index (κ3) is 2.57. The van der Waals surface area contributed by atoms with Gasteiger partial charge in [0.2, 0.25) is 10.0 Å². The second-order valence-corrected chi connectivity index (χ2v) is 4.61. The molecule has 0 fully saturated rings. The summed E-state index contributed by atoms with van der Waals surface area (Å²) >= 11 is 1.04. The largest absolute Gasteiger partial charge is 0.228 e. The van der Waals surface area contributed by atoms with E-state index >= 15 is 0 Å². The SMILES string of the molecule is NS(=O)(=O)Cc1sccc1F. The van der Waals surface area contributed by atoms with Crippen LogP contribution in [-0.4, -0.2) is 8.42 Å². The average Bonchev–Trinajstić information content (AvgIpc) is 2.12. The molecule has 0 atom stereocenters. The molecule has 0 saturated carbocycles. The molecule has 1 aromatic rings. The maximum atomic E-state index is 12.6. The first-order chi connectivity index (χ1) is 4.99. The molecule has 62 valence electrons. The minimum Gasteiger partial charge on any atom is -0.228 e. The molecule has 1 rings (SSSR count). The smallest absolute Gasteiger partial charge is 0.214 e. The Balaban J connectivity index is 2.89. The highest BCUT2D eigenvalue weighted by atomic mass is 32.2. The third-order valence-corrected chi connectivity index (χ3v) is 2.79. The van der Waals surface area contributed by atoms with E-state index in [1.165, 1.54) is 11.4 Å². The zero-order valence-electron chi connectivity index (χ0n) is 5.45. The molecule has 1 aromatic heterocycles. The number of sulfonamides is 1. The zero-order valence-corrected chi connectivity index (χ0v) is 7.08. The topological polar surface area (TPSA) is 60.2 Å². The van der Waals surface area contributed by atoms with E-state index in [0.29, 0.717) is 0 Å². The molecule has 0 aliphatic heterocycles. The number of thiophene rings is 1. The molecule has 6 heteroatoms. The van der Waals surface area contributed by atoms with Gasteiger partial charge in [0.1, 0.15) is 11.6 Å². The molecule has 0 unspecified atom stereocenters. The number of hydrogen-bond donors (Lipinski definition) is 1. The molecule has 3 nitrogen and oxygen atoms in total. The Labute approximate surface area is 67.7 Å². The van der Waals surface area contributed by atoms with Crippen molar-refractivity contribution in [2.45, 2.75) is 5.75 Å². The van der Waals surface area contributed by atoms with Crippen molar-refractivity contribution in [2.24, 2.45) is 5.14 Å². The molecule has 0 bridgehead atoms. The van der Waals surface area contributed by atoms with Gasteiger partial charge in [-0.05, 0) is 11.4 Å². The van der Waals surface area contributed by atoms with Crippen molar-refractivity contribution in [3.63, 3.8) is 0 Å². The Hall–Kier alpha value is -0.460. The molecule has 0 amide bonds. The maximum Gasteiger partial charge on any atom is 0.214 e. The van der Waals surface area contributed by atoms with Crippen LogP contribution in [0.4, 0.5) is 4.39 Å². The molecule has 0 aromatic carbocycles. The van der Waals surface area contributed by atoms with Crippen LogP contribution < -0.4 is 5.14 Å². The van der Waals surface area contributed by atoms with Crippen LogP contribution in [0.1, 0.15) is 4.88 Å². The number of hydrogen-bond acceptors (Lipinski definition) is 3. The van der Waals surface area contributed by atoms with Gasteiger partial charge in [0.25, 0.3) is 0 Å². The minimum atomic E-state index is -3.60. The number of primary sulfonamides is 1. The first kappa shape index (κ1) is 8.63. The van der Waals surface area contributed by atoms with Crippen molar-refractivity contribution in [3.05, 3.63) is 22.1 Å². The summed E-state index contributed by atoms with van der Waals surface area (Å²) in [5.74, 6) is -0.930. The summed E-state index contributed by atoms with van der Waals surface area (Å²) in [6, 6.07) is 1.21. The van der Waals surface area contributed by atoms with Crippen molar-refractivity contribution in [3.8, 4) is 0 Å². The van der Waals surface area contributed by atoms with Gasteiger partial charge in [-0.25, -0.2) is 17.9 Å². The molecular weight excluding hydrogens is 189 g/mol. The van der Waals surface area contributed by atoms with E-state index in [4.69, 9.17) is 5.14 Å². The van der Waals surface area contributed by atoms with Gasteiger partial charge in [0.05, 0.1) is 4.88 Å². The van der Waals surface area contributed by atoms with Crippen LogP contribution in [-0.2, 0) is 15.8 Å². The lowest BCUT2D eigenvalue weighted by Gasteiger charge is -1.92. The van der Waals surface area contributed by atoms with Gasteiger partial charge >= 0.3 is 0 Å². The Morgan fingerprint density at radius 3 is 2.64 bits per heavy atom. The van der Waals surface area contributed by atoms with Crippen molar-refractivity contribution >= 4 is 21.4 Å². The van der Waals surface area contributed by atoms with Crippen LogP contribution in [0.25, 0.3) is 0 Å². The van der Waals surface area contributed by atoms with Gasteiger partial charge < -0.3 is 0 Å². The minimum absolute atomic E-state index is 0.160. The van der Waals surface area contributed by atoms with Crippen molar-refractivity contribution in [1.29, 1.82) is 0 Å². The van der Waals surface area contributed by atoms with Gasteiger partial charge in [-0.1, -0.05) is 0 Å². The predicted octanol–water partition coefficient (Wildman–Crippen LogP) is 0.676. The molecule has 0 radical (unpaired) electrons. The summed E-state index contributed by atoms with van der Waals surface area (Å²) in [5.41, 5.74) is 0. The quantitative estimate of drug-likeness (QED) is 0.754.